The van der Waals surface area contributed by atoms with Crippen molar-refractivity contribution in [1.82, 2.24) is 5.16 Å². The van der Waals surface area contributed by atoms with Crippen molar-refractivity contribution in [1.29, 1.82) is 0 Å². The quantitative estimate of drug-likeness (QED) is 0.693. The van der Waals surface area contributed by atoms with Gasteiger partial charge in [-0.3, -0.25) is 4.79 Å². The number of furan rings is 1. The standard InChI is InChI=1S/C19H18F2N2O5/c1-9-16(10(2)28-23-9)22-18(24)12-3-4-14(27-19(20)21)17-13(12)7-15(26-17)11-5-6-25-8-11/h3-4,7,11,19H,5-6,8H2,1-2H3,(H,22,24). The average molecular weight is 392 g/mol. The molecular formula is C19H18F2N2O5. The molecule has 7 nitrogen and oxygen atoms in total. The molecule has 1 atom stereocenters. The third-order valence-electron chi connectivity index (χ3n) is 4.73. The predicted molar refractivity (Wildman–Crippen MR) is 95.0 cm³/mol. The molecule has 1 aliphatic rings. The Morgan fingerprint density at radius 3 is 2.82 bits per heavy atom. The molecule has 28 heavy (non-hydrogen) atoms. The number of fused-ring (bicyclic) bond motifs is 1. The zero-order valence-corrected chi connectivity index (χ0v) is 15.3. The van der Waals surface area contributed by atoms with Crippen molar-refractivity contribution in [2.75, 3.05) is 18.5 Å². The molecule has 4 rings (SSSR count). The number of ether oxygens (including phenoxy) is 2. The van der Waals surface area contributed by atoms with Crippen molar-refractivity contribution < 1.29 is 32.0 Å². The van der Waals surface area contributed by atoms with Gasteiger partial charge in [-0.15, -0.1) is 0 Å². The normalized spacial score (nSPS) is 16.8. The molecule has 0 bridgehead atoms. The first-order valence-corrected chi connectivity index (χ1v) is 8.77. The molecular weight excluding hydrogens is 374 g/mol. The summed E-state index contributed by atoms with van der Waals surface area (Å²) in [6, 6.07) is 4.42. The number of aromatic nitrogens is 1. The Labute approximate surface area is 158 Å². The largest absolute Gasteiger partial charge is 0.457 e. The lowest BCUT2D eigenvalue weighted by molar-refractivity contribution is -0.0494. The number of hydrogen-bond acceptors (Lipinski definition) is 6. The molecule has 1 unspecified atom stereocenters. The van der Waals surface area contributed by atoms with Crippen LogP contribution in [0.1, 0.15) is 39.9 Å². The summed E-state index contributed by atoms with van der Waals surface area (Å²) < 4.78 is 46.3. The van der Waals surface area contributed by atoms with Crippen LogP contribution >= 0.6 is 0 Å². The fourth-order valence-electron chi connectivity index (χ4n) is 3.31. The second-order valence-corrected chi connectivity index (χ2v) is 6.60. The lowest BCUT2D eigenvalue weighted by atomic mass is 10.0. The van der Waals surface area contributed by atoms with Crippen LogP contribution in [0.15, 0.2) is 27.1 Å². The van der Waals surface area contributed by atoms with Gasteiger partial charge in [0.25, 0.3) is 5.91 Å². The fraction of sp³-hybridized carbons (Fsp3) is 0.368. The molecule has 3 heterocycles. The maximum absolute atomic E-state index is 12.9. The summed E-state index contributed by atoms with van der Waals surface area (Å²) in [7, 11) is 0. The van der Waals surface area contributed by atoms with Crippen LogP contribution in [-0.2, 0) is 4.74 Å². The number of anilines is 1. The van der Waals surface area contributed by atoms with Gasteiger partial charge in [0.15, 0.2) is 17.1 Å². The summed E-state index contributed by atoms with van der Waals surface area (Å²) >= 11 is 0. The molecule has 2 aromatic heterocycles. The van der Waals surface area contributed by atoms with Gasteiger partial charge in [0.05, 0.1) is 12.2 Å². The molecule has 148 valence electrons. The summed E-state index contributed by atoms with van der Waals surface area (Å²) in [4.78, 5) is 12.9. The highest BCUT2D eigenvalue weighted by Gasteiger charge is 2.26. The Morgan fingerprint density at radius 1 is 1.36 bits per heavy atom. The van der Waals surface area contributed by atoms with E-state index in [9.17, 15) is 13.6 Å². The number of aryl methyl sites for hydroxylation is 2. The molecule has 1 N–H and O–H groups in total. The number of rotatable bonds is 5. The number of benzene rings is 1. The van der Waals surface area contributed by atoms with Crippen LogP contribution in [-0.4, -0.2) is 30.9 Å². The molecule has 1 aliphatic heterocycles. The molecule has 0 spiro atoms. The number of halogens is 2. The minimum absolute atomic E-state index is 0.00488. The van der Waals surface area contributed by atoms with Crippen molar-refractivity contribution in [3.05, 3.63) is 41.0 Å². The van der Waals surface area contributed by atoms with Crippen LogP contribution < -0.4 is 10.1 Å². The monoisotopic (exact) mass is 392 g/mol. The molecule has 1 aromatic carbocycles. The van der Waals surface area contributed by atoms with Gasteiger partial charge in [-0.1, -0.05) is 5.16 Å². The minimum Gasteiger partial charge on any atom is -0.457 e. The van der Waals surface area contributed by atoms with E-state index in [-0.39, 0.29) is 22.8 Å². The van der Waals surface area contributed by atoms with Gasteiger partial charge in [-0.25, -0.2) is 0 Å². The third-order valence-corrected chi connectivity index (χ3v) is 4.73. The topological polar surface area (TPSA) is 86.7 Å². The van der Waals surface area contributed by atoms with Crippen LogP contribution in [0.25, 0.3) is 11.0 Å². The summed E-state index contributed by atoms with van der Waals surface area (Å²) in [5.41, 5.74) is 1.38. The Bertz CT molecular complexity index is 1000. The zero-order chi connectivity index (χ0) is 19.8. The second-order valence-electron chi connectivity index (χ2n) is 6.60. The van der Waals surface area contributed by atoms with E-state index in [0.29, 0.717) is 41.5 Å². The lowest BCUT2D eigenvalue weighted by Crippen LogP contribution is -2.13. The van der Waals surface area contributed by atoms with E-state index < -0.39 is 12.5 Å². The first-order valence-electron chi connectivity index (χ1n) is 8.77. The van der Waals surface area contributed by atoms with E-state index in [1.54, 1.807) is 19.9 Å². The Kier molecular flexibility index (Phi) is 4.76. The van der Waals surface area contributed by atoms with Gasteiger partial charge < -0.3 is 23.7 Å². The maximum Gasteiger partial charge on any atom is 0.387 e. The molecule has 0 radical (unpaired) electrons. The van der Waals surface area contributed by atoms with Crippen LogP contribution in [0.3, 0.4) is 0 Å². The van der Waals surface area contributed by atoms with E-state index in [2.05, 4.69) is 15.2 Å². The number of alkyl halides is 2. The van der Waals surface area contributed by atoms with E-state index >= 15 is 0 Å². The van der Waals surface area contributed by atoms with Crippen LogP contribution in [0.4, 0.5) is 14.5 Å². The Hall–Kier alpha value is -2.94. The SMILES string of the molecule is Cc1noc(C)c1NC(=O)c1ccc(OC(F)F)c2oc(C3CCOC3)cc12. The molecule has 9 heteroatoms. The molecule has 1 fully saturated rings. The first-order chi connectivity index (χ1) is 13.4. The van der Waals surface area contributed by atoms with Crippen molar-refractivity contribution in [3.8, 4) is 5.75 Å². The van der Waals surface area contributed by atoms with Crippen molar-refractivity contribution in [2.24, 2.45) is 0 Å². The Morgan fingerprint density at radius 2 is 2.18 bits per heavy atom. The van der Waals surface area contributed by atoms with Gasteiger partial charge in [0, 0.05) is 17.9 Å². The molecule has 0 aliphatic carbocycles. The van der Waals surface area contributed by atoms with E-state index in [1.165, 1.54) is 12.1 Å². The number of carbonyl (C=O) groups is 1. The average Bonchev–Trinajstić information content (AvgIpc) is 3.37. The van der Waals surface area contributed by atoms with Crippen LogP contribution in [0.5, 0.6) is 5.75 Å². The van der Waals surface area contributed by atoms with E-state index in [1.807, 2.05) is 0 Å². The molecule has 1 saturated heterocycles. The third kappa shape index (κ3) is 3.33. The number of nitrogens with one attached hydrogen (secondary N) is 1. The van der Waals surface area contributed by atoms with Crippen LogP contribution in [0.2, 0.25) is 0 Å². The predicted octanol–water partition coefficient (Wildman–Crippen LogP) is 4.40. The summed E-state index contributed by atoms with van der Waals surface area (Å²) in [6.45, 7) is 1.46. The molecule has 1 amide bonds. The molecule has 3 aromatic rings. The van der Waals surface area contributed by atoms with Crippen molar-refractivity contribution in [3.63, 3.8) is 0 Å². The summed E-state index contributed by atoms with van der Waals surface area (Å²) in [6.07, 6.45) is 0.755. The first kappa shape index (κ1) is 18.4. The Balaban J connectivity index is 1.76. The zero-order valence-electron chi connectivity index (χ0n) is 15.3. The highest BCUT2D eigenvalue weighted by atomic mass is 19.3. The van der Waals surface area contributed by atoms with E-state index in [0.717, 1.165) is 6.42 Å². The second kappa shape index (κ2) is 7.23. The van der Waals surface area contributed by atoms with Gasteiger partial charge in [0.1, 0.15) is 17.1 Å². The smallest absolute Gasteiger partial charge is 0.387 e. The number of amides is 1. The van der Waals surface area contributed by atoms with Gasteiger partial charge in [-0.2, -0.15) is 8.78 Å². The summed E-state index contributed by atoms with van der Waals surface area (Å²) in [5.74, 6) is 0.493. The number of carbonyl (C=O) groups excluding carboxylic acids is 1. The summed E-state index contributed by atoms with van der Waals surface area (Å²) in [5, 5.41) is 6.95. The van der Waals surface area contributed by atoms with Gasteiger partial charge in [-0.05, 0) is 38.5 Å². The molecule has 0 saturated carbocycles. The fourth-order valence-corrected chi connectivity index (χ4v) is 3.31. The van der Waals surface area contributed by atoms with Gasteiger partial charge >= 0.3 is 6.61 Å². The number of nitrogens with zero attached hydrogens (tertiary/aromatic N) is 1. The highest BCUT2D eigenvalue weighted by molar-refractivity contribution is 6.13. The van der Waals surface area contributed by atoms with Crippen LogP contribution in [0, 0.1) is 13.8 Å². The number of hydrogen-bond donors (Lipinski definition) is 1. The lowest BCUT2D eigenvalue weighted by Gasteiger charge is -2.08. The van der Waals surface area contributed by atoms with Crippen molar-refractivity contribution in [2.45, 2.75) is 32.8 Å². The minimum atomic E-state index is -3.01. The van der Waals surface area contributed by atoms with E-state index in [4.69, 9.17) is 13.7 Å². The highest BCUT2D eigenvalue weighted by Crippen LogP contribution is 2.37. The van der Waals surface area contributed by atoms with Gasteiger partial charge in [0.2, 0.25) is 0 Å². The van der Waals surface area contributed by atoms with Crippen molar-refractivity contribution >= 4 is 22.6 Å². The maximum atomic E-state index is 12.9.